The maximum atomic E-state index is 13.0. The van der Waals surface area contributed by atoms with Gasteiger partial charge in [0.25, 0.3) is 0 Å². The molecule has 136 valence electrons. The summed E-state index contributed by atoms with van der Waals surface area (Å²) in [6.45, 7) is 1.81. The SMILES string of the molecule is Cc1nc(N)cc(SCc2nc3ccc(Oc4ccc(F)cc4)cc3[nH]2)n1. The normalized spacial score (nSPS) is 11.0. The third-order valence-corrected chi connectivity index (χ3v) is 4.67. The number of thioether (sulfide) groups is 1. The number of ether oxygens (including phenoxy) is 1. The van der Waals surface area contributed by atoms with Crippen LogP contribution < -0.4 is 10.5 Å². The van der Waals surface area contributed by atoms with Crippen LogP contribution >= 0.6 is 11.8 Å². The summed E-state index contributed by atoms with van der Waals surface area (Å²) in [6.07, 6.45) is 0. The summed E-state index contributed by atoms with van der Waals surface area (Å²) in [5.41, 5.74) is 7.46. The van der Waals surface area contributed by atoms with Gasteiger partial charge in [0.1, 0.15) is 39.8 Å². The number of aryl methyl sites for hydroxylation is 1. The van der Waals surface area contributed by atoms with E-state index in [1.165, 1.54) is 23.9 Å². The molecule has 8 heteroatoms. The maximum Gasteiger partial charge on any atom is 0.129 e. The predicted molar refractivity (Wildman–Crippen MR) is 103 cm³/mol. The molecule has 0 aliphatic rings. The highest BCUT2D eigenvalue weighted by Gasteiger charge is 2.07. The van der Waals surface area contributed by atoms with E-state index in [0.717, 1.165) is 21.9 Å². The second-order valence-electron chi connectivity index (χ2n) is 5.89. The fraction of sp³-hybridized carbons (Fsp3) is 0.105. The number of nitrogen functional groups attached to an aromatic ring is 1. The number of halogens is 1. The van der Waals surface area contributed by atoms with Gasteiger partial charge in [-0.2, -0.15) is 0 Å². The molecule has 0 unspecified atom stereocenters. The maximum absolute atomic E-state index is 13.0. The quantitative estimate of drug-likeness (QED) is 0.392. The molecule has 0 saturated carbocycles. The first-order valence-electron chi connectivity index (χ1n) is 8.21. The molecule has 0 radical (unpaired) electrons. The summed E-state index contributed by atoms with van der Waals surface area (Å²) in [7, 11) is 0. The molecule has 0 amide bonds. The first-order chi connectivity index (χ1) is 13.0. The topological polar surface area (TPSA) is 89.7 Å². The van der Waals surface area contributed by atoms with Crippen LogP contribution in [0.1, 0.15) is 11.6 Å². The van der Waals surface area contributed by atoms with Crippen molar-refractivity contribution in [3.05, 3.63) is 66.0 Å². The van der Waals surface area contributed by atoms with Gasteiger partial charge >= 0.3 is 0 Å². The smallest absolute Gasteiger partial charge is 0.129 e. The van der Waals surface area contributed by atoms with Gasteiger partial charge in [0.05, 0.1) is 16.8 Å². The van der Waals surface area contributed by atoms with Crippen molar-refractivity contribution in [2.75, 3.05) is 5.73 Å². The summed E-state index contributed by atoms with van der Waals surface area (Å²) in [6, 6.07) is 13.2. The second-order valence-corrected chi connectivity index (χ2v) is 6.88. The summed E-state index contributed by atoms with van der Waals surface area (Å²) in [5.74, 6) is 3.47. The number of nitrogens with zero attached hydrogens (tertiary/aromatic N) is 3. The molecule has 0 aliphatic carbocycles. The van der Waals surface area contributed by atoms with E-state index in [1.807, 2.05) is 25.1 Å². The van der Waals surface area contributed by atoms with Crippen molar-refractivity contribution in [2.45, 2.75) is 17.7 Å². The molecular weight excluding hydrogens is 365 g/mol. The monoisotopic (exact) mass is 381 g/mol. The second kappa shape index (κ2) is 7.24. The molecule has 2 heterocycles. The van der Waals surface area contributed by atoms with E-state index in [2.05, 4.69) is 19.9 Å². The van der Waals surface area contributed by atoms with Gasteiger partial charge in [0, 0.05) is 12.1 Å². The first kappa shape index (κ1) is 17.3. The number of nitrogens with two attached hydrogens (primary N) is 1. The fourth-order valence-corrected chi connectivity index (χ4v) is 3.41. The molecule has 0 fully saturated rings. The Hall–Kier alpha value is -3.13. The molecule has 2 aromatic heterocycles. The lowest BCUT2D eigenvalue weighted by atomic mass is 10.3. The van der Waals surface area contributed by atoms with Gasteiger partial charge in [-0.05, 0) is 43.3 Å². The summed E-state index contributed by atoms with van der Waals surface area (Å²) in [4.78, 5) is 16.3. The lowest BCUT2D eigenvalue weighted by Gasteiger charge is -2.05. The third-order valence-electron chi connectivity index (χ3n) is 3.74. The van der Waals surface area contributed by atoms with Crippen LogP contribution in [0.4, 0.5) is 10.2 Å². The van der Waals surface area contributed by atoms with Crippen molar-refractivity contribution >= 4 is 28.6 Å². The number of H-pyrrole nitrogens is 1. The molecule has 0 spiro atoms. The van der Waals surface area contributed by atoms with E-state index in [0.29, 0.717) is 28.9 Å². The van der Waals surface area contributed by atoms with E-state index < -0.39 is 0 Å². The van der Waals surface area contributed by atoms with E-state index in [1.54, 1.807) is 18.2 Å². The van der Waals surface area contributed by atoms with Crippen LogP contribution in [0.25, 0.3) is 11.0 Å². The zero-order chi connectivity index (χ0) is 18.8. The lowest BCUT2D eigenvalue weighted by molar-refractivity contribution is 0.481. The van der Waals surface area contributed by atoms with Crippen LogP contribution in [0.15, 0.2) is 53.6 Å². The van der Waals surface area contributed by atoms with E-state index in [4.69, 9.17) is 10.5 Å². The predicted octanol–water partition coefficient (Wildman–Crippen LogP) is 4.47. The van der Waals surface area contributed by atoms with Gasteiger partial charge in [-0.15, -0.1) is 0 Å². The van der Waals surface area contributed by atoms with Crippen molar-refractivity contribution in [2.24, 2.45) is 0 Å². The zero-order valence-electron chi connectivity index (χ0n) is 14.4. The van der Waals surface area contributed by atoms with Crippen molar-refractivity contribution in [3.63, 3.8) is 0 Å². The minimum Gasteiger partial charge on any atom is -0.457 e. The summed E-state index contributed by atoms with van der Waals surface area (Å²) < 4.78 is 18.7. The summed E-state index contributed by atoms with van der Waals surface area (Å²) in [5, 5.41) is 0.806. The minimum atomic E-state index is -0.297. The van der Waals surface area contributed by atoms with Crippen molar-refractivity contribution in [1.82, 2.24) is 19.9 Å². The van der Waals surface area contributed by atoms with Crippen LogP contribution in [-0.4, -0.2) is 19.9 Å². The number of aromatic nitrogens is 4. The molecule has 0 bridgehead atoms. The fourth-order valence-electron chi connectivity index (χ4n) is 2.59. The van der Waals surface area contributed by atoms with Crippen LogP contribution in [0.5, 0.6) is 11.5 Å². The van der Waals surface area contributed by atoms with Gasteiger partial charge in [-0.3, -0.25) is 0 Å². The molecule has 6 nitrogen and oxygen atoms in total. The summed E-state index contributed by atoms with van der Waals surface area (Å²) >= 11 is 1.53. The molecular formula is C19H16FN5OS. The molecule has 0 saturated heterocycles. The third kappa shape index (κ3) is 4.17. The molecule has 2 aromatic carbocycles. The number of rotatable bonds is 5. The number of benzene rings is 2. The van der Waals surface area contributed by atoms with E-state index in [-0.39, 0.29) is 5.82 Å². The van der Waals surface area contributed by atoms with Crippen molar-refractivity contribution in [1.29, 1.82) is 0 Å². The standard InChI is InChI=1S/C19H16FN5OS/c1-11-22-17(21)9-19(23-11)27-10-18-24-15-7-6-14(8-16(15)25-18)26-13-4-2-12(20)3-5-13/h2-9H,10H2,1H3,(H,24,25)(H2,21,22,23). The number of hydrogen-bond acceptors (Lipinski definition) is 6. The Balaban J connectivity index is 1.49. The Morgan fingerprint density at radius 3 is 2.59 bits per heavy atom. The van der Waals surface area contributed by atoms with Gasteiger partial charge in [0.2, 0.25) is 0 Å². The van der Waals surface area contributed by atoms with E-state index >= 15 is 0 Å². The Kier molecular flexibility index (Phi) is 4.64. The molecule has 3 N–H and O–H groups in total. The van der Waals surface area contributed by atoms with Crippen LogP contribution in [0.3, 0.4) is 0 Å². The highest BCUT2D eigenvalue weighted by molar-refractivity contribution is 7.98. The zero-order valence-corrected chi connectivity index (χ0v) is 15.3. The van der Waals surface area contributed by atoms with Gasteiger partial charge in [-0.1, -0.05) is 11.8 Å². The molecule has 4 rings (SSSR count). The highest BCUT2D eigenvalue weighted by atomic mass is 32.2. The number of aromatic amines is 1. The number of anilines is 1. The van der Waals surface area contributed by atoms with Crippen LogP contribution in [-0.2, 0) is 5.75 Å². The molecule has 27 heavy (non-hydrogen) atoms. The Morgan fingerprint density at radius 2 is 1.81 bits per heavy atom. The lowest BCUT2D eigenvalue weighted by Crippen LogP contribution is -1.96. The van der Waals surface area contributed by atoms with Crippen molar-refractivity contribution in [3.8, 4) is 11.5 Å². The first-order valence-corrected chi connectivity index (χ1v) is 9.20. The average molecular weight is 381 g/mol. The Bertz CT molecular complexity index is 1080. The van der Waals surface area contributed by atoms with Crippen LogP contribution in [0.2, 0.25) is 0 Å². The molecule has 4 aromatic rings. The van der Waals surface area contributed by atoms with Gasteiger partial charge in [-0.25, -0.2) is 19.3 Å². The largest absolute Gasteiger partial charge is 0.457 e. The number of nitrogens with one attached hydrogen (secondary N) is 1. The molecule has 0 atom stereocenters. The average Bonchev–Trinajstić information content (AvgIpc) is 3.03. The Morgan fingerprint density at radius 1 is 1.04 bits per heavy atom. The van der Waals surface area contributed by atoms with Crippen LogP contribution in [0, 0.1) is 12.7 Å². The van der Waals surface area contributed by atoms with Gasteiger partial charge < -0.3 is 15.5 Å². The number of hydrogen-bond donors (Lipinski definition) is 2. The van der Waals surface area contributed by atoms with Crippen molar-refractivity contribution < 1.29 is 9.13 Å². The highest BCUT2D eigenvalue weighted by Crippen LogP contribution is 2.27. The molecule has 0 aliphatic heterocycles. The Labute approximate surface area is 159 Å². The number of imidazole rings is 1. The van der Waals surface area contributed by atoms with E-state index in [9.17, 15) is 4.39 Å². The van der Waals surface area contributed by atoms with Gasteiger partial charge in [0.15, 0.2) is 0 Å². The number of fused-ring (bicyclic) bond motifs is 1. The minimum absolute atomic E-state index is 0.297.